The summed E-state index contributed by atoms with van der Waals surface area (Å²) < 4.78 is 0. The lowest BCUT2D eigenvalue weighted by Gasteiger charge is -2.29. The van der Waals surface area contributed by atoms with Crippen LogP contribution in [0.15, 0.2) is 0 Å². The average Bonchev–Trinajstić information content (AvgIpc) is 2.18. The van der Waals surface area contributed by atoms with E-state index in [-0.39, 0.29) is 5.92 Å². The lowest BCUT2D eigenvalue weighted by atomic mass is 9.77. The van der Waals surface area contributed by atoms with Crippen molar-refractivity contribution in [1.29, 1.82) is 0 Å². The van der Waals surface area contributed by atoms with Gasteiger partial charge in [-0.1, -0.05) is 19.3 Å². The van der Waals surface area contributed by atoms with E-state index < -0.39 is 23.9 Å². The highest BCUT2D eigenvalue weighted by molar-refractivity contribution is 5.82. The molecule has 86 valence electrons. The fourth-order valence-corrected chi connectivity index (χ4v) is 2.30. The number of carbonyl (C=O) groups is 2. The van der Waals surface area contributed by atoms with Gasteiger partial charge in [0.15, 0.2) is 0 Å². The summed E-state index contributed by atoms with van der Waals surface area (Å²) in [4.78, 5) is 21.7. The number of hydrogen-bond donors (Lipinski definition) is 3. The van der Waals surface area contributed by atoms with Crippen molar-refractivity contribution >= 4 is 11.9 Å². The Balaban J connectivity index is 2.71. The van der Waals surface area contributed by atoms with Gasteiger partial charge in [-0.25, -0.2) is 0 Å². The van der Waals surface area contributed by atoms with Crippen LogP contribution in [0.2, 0.25) is 0 Å². The van der Waals surface area contributed by atoms with Crippen LogP contribution < -0.4 is 5.73 Å². The summed E-state index contributed by atoms with van der Waals surface area (Å²) >= 11 is 0. The minimum Gasteiger partial charge on any atom is -0.481 e. The molecule has 0 saturated heterocycles. The van der Waals surface area contributed by atoms with Crippen molar-refractivity contribution in [2.24, 2.45) is 17.6 Å². The molecule has 5 nitrogen and oxygen atoms in total. The third-order valence-corrected chi connectivity index (χ3v) is 3.11. The van der Waals surface area contributed by atoms with Gasteiger partial charge in [0, 0.05) is 0 Å². The van der Waals surface area contributed by atoms with Gasteiger partial charge in [-0.05, 0) is 18.8 Å². The van der Waals surface area contributed by atoms with Crippen molar-refractivity contribution in [2.75, 3.05) is 0 Å². The predicted molar refractivity (Wildman–Crippen MR) is 53.3 cm³/mol. The Morgan fingerprint density at radius 3 is 2.00 bits per heavy atom. The molecule has 1 rings (SSSR count). The third kappa shape index (κ3) is 2.92. The Morgan fingerprint density at radius 1 is 1.07 bits per heavy atom. The smallest absolute Gasteiger partial charge is 0.321 e. The molecule has 1 fully saturated rings. The van der Waals surface area contributed by atoms with Gasteiger partial charge in [0.1, 0.15) is 6.04 Å². The highest BCUT2D eigenvalue weighted by atomic mass is 16.4. The molecule has 0 bridgehead atoms. The maximum atomic E-state index is 11.0. The van der Waals surface area contributed by atoms with E-state index in [9.17, 15) is 9.59 Å². The topological polar surface area (TPSA) is 101 Å². The van der Waals surface area contributed by atoms with Crippen LogP contribution in [0.5, 0.6) is 0 Å². The van der Waals surface area contributed by atoms with E-state index in [0.29, 0.717) is 0 Å². The van der Waals surface area contributed by atoms with E-state index in [1.54, 1.807) is 0 Å². The van der Waals surface area contributed by atoms with Crippen molar-refractivity contribution < 1.29 is 19.8 Å². The monoisotopic (exact) mass is 215 g/mol. The van der Waals surface area contributed by atoms with Gasteiger partial charge < -0.3 is 15.9 Å². The van der Waals surface area contributed by atoms with Crippen LogP contribution in [-0.2, 0) is 9.59 Å². The second-order valence-corrected chi connectivity index (χ2v) is 4.13. The zero-order valence-corrected chi connectivity index (χ0v) is 8.56. The molecular weight excluding hydrogens is 198 g/mol. The van der Waals surface area contributed by atoms with Crippen LogP contribution in [0.3, 0.4) is 0 Å². The molecule has 1 unspecified atom stereocenters. The summed E-state index contributed by atoms with van der Waals surface area (Å²) in [6.45, 7) is 0. The number of carboxylic acid groups (broad SMARTS) is 2. The van der Waals surface area contributed by atoms with Gasteiger partial charge in [0.2, 0.25) is 0 Å². The first-order chi connectivity index (χ1) is 7.04. The third-order valence-electron chi connectivity index (χ3n) is 3.11. The molecule has 0 amide bonds. The van der Waals surface area contributed by atoms with Crippen LogP contribution in [0, 0.1) is 11.8 Å². The zero-order chi connectivity index (χ0) is 11.4. The molecule has 0 spiro atoms. The normalized spacial score (nSPS) is 21.9. The molecule has 1 saturated carbocycles. The van der Waals surface area contributed by atoms with E-state index in [4.69, 9.17) is 15.9 Å². The standard InChI is InChI=1S/C10H17NO4/c11-8(10(14)15)7(9(12)13)6-4-2-1-3-5-6/h6-8H,1-5,11H2,(H,12,13)(H,14,15)/t7?,8-/m0/s1. The summed E-state index contributed by atoms with van der Waals surface area (Å²) in [7, 11) is 0. The minimum absolute atomic E-state index is 0.0812. The molecule has 0 aliphatic heterocycles. The average molecular weight is 215 g/mol. The Bertz CT molecular complexity index is 248. The highest BCUT2D eigenvalue weighted by Crippen LogP contribution is 2.31. The van der Waals surface area contributed by atoms with Gasteiger partial charge in [0.25, 0.3) is 0 Å². The first-order valence-electron chi connectivity index (χ1n) is 5.25. The van der Waals surface area contributed by atoms with Gasteiger partial charge >= 0.3 is 11.9 Å². The summed E-state index contributed by atoms with van der Waals surface area (Å²) in [6, 6.07) is -1.29. The van der Waals surface area contributed by atoms with Crippen LogP contribution >= 0.6 is 0 Å². The molecule has 2 atom stereocenters. The largest absolute Gasteiger partial charge is 0.481 e. The second kappa shape index (κ2) is 5.11. The summed E-state index contributed by atoms with van der Waals surface area (Å²) in [5.41, 5.74) is 5.41. The van der Waals surface area contributed by atoms with E-state index >= 15 is 0 Å². The van der Waals surface area contributed by atoms with Gasteiger partial charge in [-0.3, -0.25) is 9.59 Å². The van der Waals surface area contributed by atoms with Crippen LogP contribution in [0.1, 0.15) is 32.1 Å². The summed E-state index contributed by atoms with van der Waals surface area (Å²) in [5.74, 6) is -3.34. The SMILES string of the molecule is N[C@H](C(=O)O)C(C(=O)O)C1CCCCC1. The molecule has 1 aliphatic rings. The Labute approximate surface area is 88.3 Å². The molecule has 15 heavy (non-hydrogen) atoms. The molecule has 0 aromatic heterocycles. The molecule has 5 heteroatoms. The van der Waals surface area contributed by atoms with Gasteiger partial charge in [-0.15, -0.1) is 0 Å². The fourth-order valence-electron chi connectivity index (χ4n) is 2.30. The molecular formula is C10H17NO4. The first kappa shape index (κ1) is 12.0. The van der Waals surface area contributed by atoms with Crippen LogP contribution in [-0.4, -0.2) is 28.2 Å². The quantitative estimate of drug-likeness (QED) is 0.640. The number of nitrogens with two attached hydrogens (primary N) is 1. The van der Waals surface area contributed by atoms with Crippen LogP contribution in [0.4, 0.5) is 0 Å². The maximum absolute atomic E-state index is 11.0. The summed E-state index contributed by atoms with van der Waals surface area (Å²) in [5, 5.41) is 17.7. The van der Waals surface area contributed by atoms with E-state index in [2.05, 4.69) is 0 Å². The number of aliphatic carboxylic acids is 2. The lowest BCUT2D eigenvalue weighted by Crippen LogP contribution is -2.46. The molecule has 0 radical (unpaired) electrons. The predicted octanol–water partition coefficient (Wildman–Crippen LogP) is 0.679. The van der Waals surface area contributed by atoms with Crippen molar-refractivity contribution in [3.63, 3.8) is 0 Å². The van der Waals surface area contributed by atoms with E-state index in [1.807, 2.05) is 0 Å². The second-order valence-electron chi connectivity index (χ2n) is 4.13. The minimum atomic E-state index is -1.29. The number of hydrogen-bond acceptors (Lipinski definition) is 3. The molecule has 0 aromatic carbocycles. The van der Waals surface area contributed by atoms with Crippen molar-refractivity contribution in [3.05, 3.63) is 0 Å². The number of rotatable bonds is 4. The van der Waals surface area contributed by atoms with Gasteiger partial charge in [0.05, 0.1) is 5.92 Å². The molecule has 4 N–H and O–H groups in total. The van der Waals surface area contributed by atoms with Crippen LogP contribution in [0.25, 0.3) is 0 Å². The number of carboxylic acids is 2. The highest BCUT2D eigenvalue weighted by Gasteiger charge is 2.37. The van der Waals surface area contributed by atoms with E-state index in [0.717, 1.165) is 32.1 Å². The summed E-state index contributed by atoms with van der Waals surface area (Å²) in [6.07, 6.45) is 4.60. The molecule has 0 aromatic rings. The Kier molecular flexibility index (Phi) is 4.08. The van der Waals surface area contributed by atoms with Gasteiger partial charge in [-0.2, -0.15) is 0 Å². The van der Waals surface area contributed by atoms with E-state index in [1.165, 1.54) is 0 Å². The van der Waals surface area contributed by atoms with Crippen molar-refractivity contribution in [1.82, 2.24) is 0 Å². The van der Waals surface area contributed by atoms with Crippen molar-refractivity contribution in [3.8, 4) is 0 Å². The Morgan fingerprint density at radius 2 is 1.60 bits per heavy atom. The first-order valence-corrected chi connectivity index (χ1v) is 5.25. The fraction of sp³-hybridized carbons (Fsp3) is 0.800. The van der Waals surface area contributed by atoms with Crippen molar-refractivity contribution in [2.45, 2.75) is 38.1 Å². The Hall–Kier alpha value is -1.10. The zero-order valence-electron chi connectivity index (χ0n) is 8.56. The maximum Gasteiger partial charge on any atom is 0.321 e. The molecule has 1 aliphatic carbocycles. The molecule has 0 heterocycles. The lowest BCUT2D eigenvalue weighted by molar-refractivity contribution is -0.152.